The number of aliphatic imine (C=N–C) groups is 1. The smallest absolute Gasteiger partial charge is 0.223 e. The van der Waals surface area contributed by atoms with Gasteiger partial charge in [-0.05, 0) is 76.2 Å². The van der Waals surface area contributed by atoms with E-state index in [1.165, 1.54) is 31.4 Å². The zero-order valence-electron chi connectivity index (χ0n) is 30.2. The molecule has 45 heavy (non-hydrogen) atoms. The van der Waals surface area contributed by atoms with Crippen LogP contribution < -0.4 is 10.6 Å². The van der Waals surface area contributed by atoms with Gasteiger partial charge in [-0.2, -0.15) is 0 Å². The number of allylic oxidation sites excluding steroid dienone is 2. The summed E-state index contributed by atoms with van der Waals surface area (Å²) in [5.41, 5.74) is 4.34. The van der Waals surface area contributed by atoms with E-state index in [0.29, 0.717) is 28.3 Å². The minimum Gasteiger partial charge on any atom is -0.348 e. The summed E-state index contributed by atoms with van der Waals surface area (Å²) in [5, 5.41) is 6.33. The van der Waals surface area contributed by atoms with E-state index in [2.05, 4.69) is 99.5 Å². The average molecular weight is 620 g/mol. The zero-order chi connectivity index (χ0) is 34.7. The summed E-state index contributed by atoms with van der Waals surface area (Å²) >= 11 is 0. The second kappa shape index (κ2) is 26.7. The first-order chi connectivity index (χ1) is 21.5. The van der Waals surface area contributed by atoms with Gasteiger partial charge in [0.15, 0.2) is 0 Å². The molecule has 2 aromatic carbocycles. The normalized spacial score (nSPS) is 11.2. The predicted molar refractivity (Wildman–Crippen MR) is 199 cm³/mol. The van der Waals surface area contributed by atoms with Crippen LogP contribution in [0.25, 0.3) is 11.3 Å². The lowest BCUT2D eigenvalue weighted by Crippen LogP contribution is -2.10. The first-order valence-corrected chi connectivity index (χ1v) is 16.3. The van der Waals surface area contributed by atoms with Crippen LogP contribution in [0.3, 0.4) is 0 Å². The molecular weight excluding hydrogens is 557 g/mol. The maximum Gasteiger partial charge on any atom is 0.223 e. The van der Waals surface area contributed by atoms with Crippen molar-refractivity contribution in [3.63, 3.8) is 0 Å². The van der Waals surface area contributed by atoms with Gasteiger partial charge in [0.1, 0.15) is 5.82 Å². The third kappa shape index (κ3) is 20.9. The lowest BCUT2D eigenvalue weighted by atomic mass is 9.93. The fourth-order valence-electron chi connectivity index (χ4n) is 3.52. The monoisotopic (exact) mass is 619 g/mol. The van der Waals surface area contributed by atoms with Crippen LogP contribution in [0, 0.1) is 11.2 Å². The zero-order valence-corrected chi connectivity index (χ0v) is 30.2. The highest BCUT2D eigenvalue weighted by atomic mass is 19.1. The number of halogens is 1. The van der Waals surface area contributed by atoms with Crippen LogP contribution in [-0.2, 0) is 0 Å². The van der Waals surface area contributed by atoms with Gasteiger partial charge in [-0.15, -0.1) is 6.58 Å². The van der Waals surface area contributed by atoms with Crippen molar-refractivity contribution < 1.29 is 4.39 Å². The lowest BCUT2D eigenvalue weighted by molar-refractivity contribution is 0.421. The van der Waals surface area contributed by atoms with E-state index >= 15 is 0 Å². The number of hydrogen-bond acceptors (Lipinski definition) is 5. The van der Waals surface area contributed by atoms with Crippen molar-refractivity contribution in [2.24, 2.45) is 10.4 Å². The Morgan fingerprint density at radius 2 is 1.60 bits per heavy atom. The quantitative estimate of drug-likeness (QED) is 0.175. The van der Waals surface area contributed by atoms with Gasteiger partial charge in [-0.1, -0.05) is 117 Å². The van der Waals surface area contributed by atoms with E-state index < -0.39 is 0 Å². The van der Waals surface area contributed by atoms with Crippen molar-refractivity contribution >= 4 is 23.9 Å². The lowest BCUT2D eigenvalue weighted by Gasteiger charge is -2.15. The number of benzene rings is 2. The van der Waals surface area contributed by atoms with Gasteiger partial charge in [-0.3, -0.25) is 4.99 Å². The minimum atomic E-state index is -0.317. The first kappa shape index (κ1) is 43.5. The Morgan fingerprint density at radius 3 is 2.02 bits per heavy atom. The molecule has 0 saturated heterocycles. The van der Waals surface area contributed by atoms with Crippen molar-refractivity contribution in [3.05, 3.63) is 102 Å². The van der Waals surface area contributed by atoms with Gasteiger partial charge in [0.2, 0.25) is 5.95 Å². The van der Waals surface area contributed by atoms with Crippen molar-refractivity contribution in [1.82, 2.24) is 15.3 Å². The van der Waals surface area contributed by atoms with Crippen LogP contribution in [0.4, 0.5) is 10.3 Å². The number of hydrogen-bond donors (Lipinski definition) is 2. The summed E-state index contributed by atoms with van der Waals surface area (Å²) in [6.07, 6.45) is 8.63. The van der Waals surface area contributed by atoms with Gasteiger partial charge in [0, 0.05) is 17.3 Å². The summed E-state index contributed by atoms with van der Waals surface area (Å²) in [6.45, 7) is 29.5. The fraction of sp³-hybridized carbons (Fsp3) is 0.462. The van der Waals surface area contributed by atoms with E-state index in [4.69, 9.17) is 0 Å². The highest BCUT2D eigenvalue weighted by Crippen LogP contribution is 2.27. The molecule has 0 radical (unpaired) electrons. The topological polar surface area (TPSA) is 62.2 Å². The SMILES string of the molecule is C=CCC(C)(C)C.C=N/C(=C(\C)c1ccnc(NC(C)c2ccccc2)n1)c1cccc(F)c1.CC.CCCC.CCCNC. The molecule has 2 N–H and O–H groups in total. The van der Waals surface area contributed by atoms with E-state index in [1.807, 2.05) is 52.1 Å². The van der Waals surface area contributed by atoms with E-state index in [1.54, 1.807) is 24.4 Å². The van der Waals surface area contributed by atoms with Crippen molar-refractivity contribution in [2.45, 2.75) is 101 Å². The molecule has 1 atom stereocenters. The molecule has 0 spiro atoms. The molecule has 0 bridgehead atoms. The van der Waals surface area contributed by atoms with Crippen LogP contribution in [0.1, 0.15) is 118 Å². The third-order valence-electron chi connectivity index (χ3n) is 6.05. The van der Waals surface area contributed by atoms with Crippen LogP contribution in [0.15, 0.2) is 84.5 Å². The molecule has 1 aromatic heterocycles. The molecule has 1 unspecified atom stereocenters. The average Bonchev–Trinajstić information content (AvgIpc) is 3.03. The molecule has 3 rings (SSSR count). The largest absolute Gasteiger partial charge is 0.348 e. The maximum atomic E-state index is 13.6. The van der Waals surface area contributed by atoms with Gasteiger partial charge < -0.3 is 10.6 Å². The van der Waals surface area contributed by atoms with Crippen LogP contribution in [-0.4, -0.2) is 30.3 Å². The van der Waals surface area contributed by atoms with Gasteiger partial charge in [0.05, 0.1) is 17.4 Å². The molecule has 1 heterocycles. The van der Waals surface area contributed by atoms with Crippen LogP contribution >= 0.6 is 0 Å². The van der Waals surface area contributed by atoms with E-state index in [0.717, 1.165) is 24.1 Å². The number of nitrogens with zero attached hydrogens (tertiary/aromatic N) is 3. The Bertz CT molecular complexity index is 1200. The summed E-state index contributed by atoms with van der Waals surface area (Å²) in [5.74, 6) is 0.203. The Balaban J connectivity index is 0. The number of rotatable bonds is 10. The molecule has 250 valence electrons. The summed E-state index contributed by atoms with van der Waals surface area (Å²) < 4.78 is 13.6. The van der Waals surface area contributed by atoms with E-state index in [-0.39, 0.29) is 11.9 Å². The summed E-state index contributed by atoms with van der Waals surface area (Å²) in [7, 11) is 1.96. The molecule has 0 aliphatic carbocycles. The molecule has 0 aliphatic heterocycles. The fourth-order valence-corrected chi connectivity index (χ4v) is 3.52. The number of anilines is 1. The standard InChI is InChI=1S/C22H21FN4.C7H14.C4H11N.C4H10.C2H6/c1-15(21(24-3)18-10-7-11-19(23)14-18)20-12-13-25-22(27-20)26-16(2)17-8-5-4-6-9-17;1-5-6-7(2,3)4;1-3-4-5-2;1-3-4-2;1-2/h4-14,16H,3H2,1-2H3,(H,25,26,27);5H,1,6H2,2-4H3;5H,3-4H2,1-2H3;3-4H2,1-2H3;1-2H3/b21-15+;;;;. The Morgan fingerprint density at radius 1 is 0.978 bits per heavy atom. The molecule has 0 saturated carbocycles. The van der Waals surface area contributed by atoms with Crippen molar-refractivity contribution in [1.29, 1.82) is 0 Å². The van der Waals surface area contributed by atoms with Gasteiger partial charge >= 0.3 is 0 Å². The number of nitrogens with one attached hydrogen (secondary N) is 2. The molecule has 0 aliphatic rings. The second-order valence-electron chi connectivity index (χ2n) is 11.3. The minimum absolute atomic E-state index is 0.0611. The maximum absolute atomic E-state index is 13.6. The predicted octanol–water partition coefficient (Wildman–Crippen LogP) is 11.4. The Kier molecular flexibility index (Phi) is 25.8. The van der Waals surface area contributed by atoms with Gasteiger partial charge in [-0.25, -0.2) is 14.4 Å². The summed E-state index contributed by atoms with van der Waals surface area (Å²) in [6, 6.07) is 18.2. The molecule has 0 fully saturated rings. The summed E-state index contributed by atoms with van der Waals surface area (Å²) in [4.78, 5) is 13.0. The number of aromatic nitrogens is 2. The van der Waals surface area contributed by atoms with Crippen LogP contribution in [0.5, 0.6) is 0 Å². The Hall–Kier alpha value is -3.64. The highest BCUT2D eigenvalue weighted by Gasteiger charge is 2.11. The van der Waals surface area contributed by atoms with E-state index in [9.17, 15) is 4.39 Å². The molecule has 5 nitrogen and oxygen atoms in total. The van der Waals surface area contributed by atoms with Gasteiger partial charge in [0.25, 0.3) is 0 Å². The molecule has 3 aromatic rings. The molecule has 0 amide bonds. The Labute approximate surface area is 275 Å². The first-order valence-electron chi connectivity index (χ1n) is 16.3. The van der Waals surface area contributed by atoms with Crippen molar-refractivity contribution in [3.8, 4) is 0 Å². The van der Waals surface area contributed by atoms with Crippen molar-refractivity contribution in [2.75, 3.05) is 18.9 Å². The van der Waals surface area contributed by atoms with Crippen LogP contribution in [0.2, 0.25) is 0 Å². The highest BCUT2D eigenvalue weighted by molar-refractivity contribution is 5.89. The molecular formula is C39H62FN5. The second-order valence-corrected chi connectivity index (χ2v) is 11.3. The third-order valence-corrected chi connectivity index (χ3v) is 6.05. The number of unbranched alkanes of at least 4 members (excludes halogenated alkanes) is 1. The molecule has 6 heteroatoms.